The van der Waals surface area contributed by atoms with Crippen LogP contribution in [0, 0.1) is 11.3 Å². The summed E-state index contributed by atoms with van der Waals surface area (Å²) in [5.74, 6) is -2.02. The van der Waals surface area contributed by atoms with Gasteiger partial charge in [-0.15, -0.1) is 0 Å². The monoisotopic (exact) mass is 611 g/mol. The number of ether oxygens (including phenoxy) is 1. The van der Waals surface area contributed by atoms with Gasteiger partial charge >= 0.3 is 6.03 Å². The van der Waals surface area contributed by atoms with Crippen LogP contribution >= 0.6 is 0 Å². The number of hydrogen-bond donors (Lipinski definition) is 4. The highest BCUT2D eigenvalue weighted by atomic mass is 32.2. The van der Waals surface area contributed by atoms with Crippen LogP contribution in [0.25, 0.3) is 0 Å². The Hall–Kier alpha value is -2.02. The lowest BCUT2D eigenvalue weighted by Gasteiger charge is -2.34. The first-order chi connectivity index (χ1) is 19.6. The minimum absolute atomic E-state index is 0.0146. The first kappa shape index (κ1) is 34.5. The third-order valence-electron chi connectivity index (χ3n) is 8.60. The number of carbonyl (C=O) groups is 3. The van der Waals surface area contributed by atoms with E-state index < -0.39 is 34.4 Å². The molecule has 3 aliphatic rings. The van der Waals surface area contributed by atoms with Gasteiger partial charge in [-0.25, -0.2) is 13.3 Å². The van der Waals surface area contributed by atoms with Gasteiger partial charge in [0.1, 0.15) is 18.2 Å². The minimum atomic E-state index is -1.37. The van der Waals surface area contributed by atoms with Gasteiger partial charge in [0.2, 0.25) is 17.6 Å². The average molecular weight is 612 g/mol. The second-order valence-corrected chi connectivity index (χ2v) is 15.5. The lowest BCUT2D eigenvalue weighted by Crippen LogP contribution is -2.57. The van der Waals surface area contributed by atoms with Gasteiger partial charge in [-0.2, -0.15) is 0 Å². The fraction of sp³-hybridized carbons (Fsp3) is 0.833. The summed E-state index contributed by atoms with van der Waals surface area (Å²) in [7, 11) is 0.583. The zero-order valence-electron chi connectivity index (χ0n) is 26.5. The third-order valence-corrected chi connectivity index (χ3v) is 10.2. The highest BCUT2D eigenvalue weighted by Gasteiger charge is 2.73. The molecule has 0 spiro atoms. The molecule has 4 unspecified atom stereocenters. The zero-order chi connectivity index (χ0) is 31.3. The van der Waals surface area contributed by atoms with Crippen molar-refractivity contribution < 1.29 is 28.4 Å². The van der Waals surface area contributed by atoms with Gasteiger partial charge < -0.3 is 30.7 Å². The molecule has 2 saturated heterocycles. The standard InChI is InChI=1S/C30H53N5O6S/c1-8-9-10-11-12-14-22-17-29(22,30(39)20-41-30)33-26(37)23-15-13-16-35(23)25(36)18-31-27(38)32-24(28(4,5)6)19-34(7)42(40)21(2)3/h12,14,21-24,39H,8-11,13,15-20H2,1-7H3,(H,33,37)(H2,31,32,38)/b14-12-/t22?,23-,24?,29+,30?,42?/m0/s1. The van der Waals surface area contributed by atoms with E-state index in [0.29, 0.717) is 32.4 Å². The van der Waals surface area contributed by atoms with E-state index in [0.717, 1.165) is 19.3 Å². The second kappa shape index (κ2) is 14.2. The van der Waals surface area contributed by atoms with Crippen LogP contribution in [-0.2, 0) is 25.3 Å². The van der Waals surface area contributed by atoms with Gasteiger partial charge in [-0.05, 0) is 58.4 Å². The van der Waals surface area contributed by atoms with Gasteiger partial charge in [0.15, 0.2) is 0 Å². The molecule has 0 bridgehead atoms. The minimum Gasteiger partial charge on any atom is -0.362 e. The van der Waals surface area contributed by atoms with Gasteiger partial charge in [-0.3, -0.25) is 9.59 Å². The Morgan fingerprint density at radius 2 is 1.93 bits per heavy atom. The molecule has 0 radical (unpaired) electrons. The molecule has 0 aromatic rings. The van der Waals surface area contributed by atoms with Crippen molar-refractivity contribution in [3.05, 3.63) is 12.2 Å². The summed E-state index contributed by atoms with van der Waals surface area (Å²) >= 11 is 0. The number of unbranched alkanes of at least 4 members (excludes halogenated alkanes) is 3. The van der Waals surface area contributed by atoms with Crippen LogP contribution < -0.4 is 16.0 Å². The van der Waals surface area contributed by atoms with Crippen LogP contribution in [0.2, 0.25) is 0 Å². The van der Waals surface area contributed by atoms with Crippen LogP contribution in [-0.4, -0.2) is 98.3 Å². The number of likely N-dealkylation sites (N-methyl/N-ethyl adjacent to an activating group) is 1. The zero-order valence-corrected chi connectivity index (χ0v) is 27.3. The first-order valence-electron chi connectivity index (χ1n) is 15.5. The van der Waals surface area contributed by atoms with Crippen molar-refractivity contribution >= 4 is 28.8 Å². The number of rotatable bonds is 15. The van der Waals surface area contributed by atoms with Gasteiger partial charge in [0, 0.05) is 30.3 Å². The van der Waals surface area contributed by atoms with Crippen molar-refractivity contribution in [3.63, 3.8) is 0 Å². The summed E-state index contributed by atoms with van der Waals surface area (Å²) in [6, 6.07) is -1.48. The molecule has 4 N–H and O–H groups in total. The number of allylic oxidation sites excluding steroid dienone is 1. The Kier molecular flexibility index (Phi) is 11.6. The molecule has 0 aromatic carbocycles. The van der Waals surface area contributed by atoms with Crippen LogP contribution in [0.1, 0.15) is 86.5 Å². The fourth-order valence-electron chi connectivity index (χ4n) is 5.64. The molecule has 1 aliphatic carbocycles. The van der Waals surface area contributed by atoms with Crippen molar-refractivity contribution in [1.82, 2.24) is 25.2 Å². The van der Waals surface area contributed by atoms with Crippen molar-refractivity contribution in [1.29, 1.82) is 0 Å². The van der Waals surface area contributed by atoms with E-state index in [-0.39, 0.29) is 47.6 Å². The molecule has 0 aromatic heterocycles. The lowest BCUT2D eigenvalue weighted by atomic mass is 9.87. The molecule has 3 rings (SSSR count). The number of nitrogens with zero attached hydrogens (tertiary/aromatic N) is 2. The third kappa shape index (κ3) is 8.54. The van der Waals surface area contributed by atoms with Gasteiger partial charge in [-0.1, -0.05) is 52.7 Å². The Morgan fingerprint density at radius 3 is 2.52 bits per heavy atom. The molecule has 240 valence electrons. The number of carbonyl (C=O) groups excluding carboxylic acids is 3. The quantitative estimate of drug-likeness (QED) is 0.127. The van der Waals surface area contributed by atoms with E-state index in [1.165, 1.54) is 11.3 Å². The van der Waals surface area contributed by atoms with Crippen LogP contribution in [0.4, 0.5) is 4.79 Å². The number of hydrogen-bond acceptors (Lipinski definition) is 6. The number of urea groups is 1. The summed E-state index contributed by atoms with van der Waals surface area (Å²) in [5.41, 5.74) is -1.18. The number of epoxide rings is 1. The molecule has 6 atom stereocenters. The topological polar surface area (TPSA) is 144 Å². The summed E-state index contributed by atoms with van der Waals surface area (Å²) in [5, 5.41) is 19.5. The van der Waals surface area contributed by atoms with E-state index in [1.54, 1.807) is 11.4 Å². The lowest BCUT2D eigenvalue weighted by molar-refractivity contribution is -0.139. The van der Waals surface area contributed by atoms with Crippen molar-refractivity contribution in [3.8, 4) is 0 Å². The average Bonchev–Trinajstić information content (AvgIpc) is 3.78. The van der Waals surface area contributed by atoms with Gasteiger partial charge in [0.05, 0.1) is 17.5 Å². The Balaban J connectivity index is 1.54. The molecular weight excluding hydrogens is 558 g/mol. The smallest absolute Gasteiger partial charge is 0.315 e. The summed E-state index contributed by atoms with van der Waals surface area (Å²) in [4.78, 5) is 40.9. The Labute approximate surface area is 254 Å². The van der Waals surface area contributed by atoms with E-state index in [9.17, 15) is 23.7 Å². The normalized spacial score (nSPS) is 28.7. The largest absolute Gasteiger partial charge is 0.362 e. The molecule has 2 aliphatic heterocycles. The Bertz CT molecular complexity index is 1030. The van der Waals surface area contributed by atoms with E-state index in [2.05, 4.69) is 35.0 Å². The molecule has 12 heteroatoms. The maximum absolute atomic E-state index is 13.4. The molecule has 1 saturated carbocycles. The summed E-state index contributed by atoms with van der Waals surface area (Å²) in [6.07, 6.45) is 10.4. The number of nitrogens with one attached hydrogen (secondary N) is 3. The number of aliphatic hydroxyl groups is 1. The number of likely N-dealkylation sites (tertiary alicyclic amines) is 1. The van der Waals surface area contributed by atoms with Crippen molar-refractivity contribution in [2.45, 2.75) is 115 Å². The summed E-state index contributed by atoms with van der Waals surface area (Å²) < 4.78 is 19.6. The van der Waals surface area contributed by atoms with Crippen LogP contribution in [0.5, 0.6) is 0 Å². The first-order valence-corrected chi connectivity index (χ1v) is 16.6. The molecular formula is C30H53N5O6S. The van der Waals surface area contributed by atoms with E-state index in [4.69, 9.17) is 4.74 Å². The van der Waals surface area contributed by atoms with Crippen molar-refractivity contribution in [2.24, 2.45) is 11.3 Å². The van der Waals surface area contributed by atoms with E-state index in [1.807, 2.05) is 34.6 Å². The maximum Gasteiger partial charge on any atom is 0.315 e. The highest BCUT2D eigenvalue weighted by molar-refractivity contribution is 7.83. The molecule has 4 amide bonds. The van der Waals surface area contributed by atoms with Crippen molar-refractivity contribution in [2.75, 3.05) is 33.3 Å². The molecule has 3 fully saturated rings. The SMILES string of the molecule is CCCCC/C=C\C1C[C@]1(NC(=O)[C@@H]1CCCN1C(=O)CNC(=O)NC(CN(C)S(=O)C(C)C)C(C)(C)C)C1(O)CO1. The fourth-order valence-corrected chi connectivity index (χ4v) is 6.66. The van der Waals surface area contributed by atoms with Crippen LogP contribution in [0.3, 0.4) is 0 Å². The second-order valence-electron chi connectivity index (χ2n) is 13.4. The van der Waals surface area contributed by atoms with Gasteiger partial charge in [0.25, 0.3) is 0 Å². The Morgan fingerprint density at radius 1 is 1.24 bits per heavy atom. The predicted octanol–water partition coefficient (Wildman–Crippen LogP) is 2.43. The molecule has 2 heterocycles. The molecule has 11 nitrogen and oxygen atoms in total. The highest BCUT2D eigenvalue weighted by Crippen LogP contribution is 2.57. The predicted molar refractivity (Wildman–Crippen MR) is 164 cm³/mol. The number of amides is 4. The van der Waals surface area contributed by atoms with E-state index >= 15 is 0 Å². The van der Waals surface area contributed by atoms with Crippen LogP contribution in [0.15, 0.2) is 12.2 Å². The molecule has 42 heavy (non-hydrogen) atoms. The summed E-state index contributed by atoms with van der Waals surface area (Å²) in [6.45, 7) is 12.6. The maximum atomic E-state index is 13.4.